The lowest BCUT2D eigenvalue weighted by Gasteiger charge is -2.29. The Morgan fingerprint density at radius 3 is 2.26 bits per heavy atom. The maximum Gasteiger partial charge on any atom is 0.275 e. The normalized spacial score (nSPS) is 19.5. The molecule has 1 aliphatic heterocycles. The number of methoxy groups -OCH3 is 2. The molecular formula is C25H37N3O3+2. The van der Waals surface area contributed by atoms with Crippen LogP contribution in [0.1, 0.15) is 35.2 Å². The van der Waals surface area contributed by atoms with Crippen molar-refractivity contribution in [2.75, 3.05) is 46.9 Å². The topological polar surface area (TPSA) is 56.4 Å². The summed E-state index contributed by atoms with van der Waals surface area (Å²) in [6.45, 7) is 11.9. The monoisotopic (exact) mass is 427 g/mol. The lowest BCUT2D eigenvalue weighted by Crippen LogP contribution is -3.28. The minimum atomic E-state index is 0.0307. The van der Waals surface area contributed by atoms with Crippen LogP contribution in [0.15, 0.2) is 36.4 Å². The first-order valence-corrected chi connectivity index (χ1v) is 11.1. The first kappa shape index (κ1) is 23.1. The number of amides is 1. The van der Waals surface area contributed by atoms with E-state index in [4.69, 9.17) is 9.47 Å². The number of carbonyl (C=O) groups is 1. The van der Waals surface area contributed by atoms with Gasteiger partial charge in [0.25, 0.3) is 5.91 Å². The van der Waals surface area contributed by atoms with Gasteiger partial charge in [0.15, 0.2) is 18.0 Å². The summed E-state index contributed by atoms with van der Waals surface area (Å²) in [5.74, 6) is 1.67. The Kier molecular flexibility index (Phi) is 7.93. The molecule has 0 aliphatic carbocycles. The van der Waals surface area contributed by atoms with E-state index in [1.54, 1.807) is 19.1 Å². The largest absolute Gasteiger partial charge is 0.493 e. The van der Waals surface area contributed by atoms with Gasteiger partial charge < -0.3 is 24.6 Å². The van der Waals surface area contributed by atoms with Gasteiger partial charge in [-0.2, -0.15) is 0 Å². The molecule has 1 atom stereocenters. The van der Waals surface area contributed by atoms with Gasteiger partial charge in [-0.3, -0.25) is 4.79 Å². The maximum atomic E-state index is 12.6. The zero-order valence-corrected chi connectivity index (χ0v) is 19.5. The van der Waals surface area contributed by atoms with E-state index >= 15 is 0 Å². The van der Waals surface area contributed by atoms with Crippen LogP contribution in [0, 0.1) is 13.8 Å². The summed E-state index contributed by atoms with van der Waals surface area (Å²) in [5, 5.41) is 3.17. The van der Waals surface area contributed by atoms with Crippen molar-refractivity contribution in [1.29, 1.82) is 0 Å². The van der Waals surface area contributed by atoms with E-state index in [9.17, 15) is 4.79 Å². The first-order chi connectivity index (χ1) is 14.9. The van der Waals surface area contributed by atoms with Crippen molar-refractivity contribution in [3.05, 3.63) is 58.7 Å². The van der Waals surface area contributed by atoms with Crippen LogP contribution in [0.2, 0.25) is 0 Å². The molecule has 1 aliphatic rings. The molecule has 2 aromatic carbocycles. The predicted octanol–water partition coefficient (Wildman–Crippen LogP) is 0.481. The van der Waals surface area contributed by atoms with Gasteiger partial charge in [-0.1, -0.05) is 18.2 Å². The fourth-order valence-electron chi connectivity index (χ4n) is 4.23. The maximum absolute atomic E-state index is 12.6. The number of aryl methyl sites for hydroxylation is 2. The van der Waals surface area contributed by atoms with Crippen molar-refractivity contribution >= 4 is 5.91 Å². The van der Waals surface area contributed by atoms with Crippen LogP contribution >= 0.6 is 0 Å². The Bertz CT molecular complexity index is 892. The molecule has 168 valence electrons. The van der Waals surface area contributed by atoms with Crippen molar-refractivity contribution in [3.8, 4) is 11.5 Å². The van der Waals surface area contributed by atoms with Crippen molar-refractivity contribution in [2.45, 2.75) is 33.4 Å². The summed E-state index contributed by atoms with van der Waals surface area (Å²) in [5.41, 5.74) is 4.95. The number of piperazine rings is 1. The van der Waals surface area contributed by atoms with Gasteiger partial charge in [0.1, 0.15) is 32.7 Å². The fourth-order valence-corrected chi connectivity index (χ4v) is 4.23. The van der Waals surface area contributed by atoms with Gasteiger partial charge in [0.05, 0.1) is 20.3 Å². The number of hydrogen-bond acceptors (Lipinski definition) is 3. The summed E-state index contributed by atoms with van der Waals surface area (Å²) >= 11 is 0. The second-order valence-corrected chi connectivity index (χ2v) is 8.68. The smallest absolute Gasteiger partial charge is 0.275 e. The van der Waals surface area contributed by atoms with E-state index in [2.05, 4.69) is 56.4 Å². The predicted molar refractivity (Wildman–Crippen MR) is 122 cm³/mol. The lowest BCUT2D eigenvalue weighted by atomic mass is 10.0. The molecule has 0 aromatic heterocycles. The molecule has 6 nitrogen and oxygen atoms in total. The van der Waals surface area contributed by atoms with Gasteiger partial charge in [-0.25, -0.2) is 0 Å². The van der Waals surface area contributed by atoms with Gasteiger partial charge in [0, 0.05) is 5.56 Å². The van der Waals surface area contributed by atoms with Crippen molar-refractivity contribution < 1.29 is 24.1 Å². The molecule has 6 heteroatoms. The van der Waals surface area contributed by atoms with Crippen LogP contribution in [0.4, 0.5) is 0 Å². The highest BCUT2D eigenvalue weighted by atomic mass is 16.5. The molecule has 0 radical (unpaired) electrons. The summed E-state index contributed by atoms with van der Waals surface area (Å²) in [6, 6.07) is 12.6. The van der Waals surface area contributed by atoms with E-state index in [0.717, 1.165) is 49.8 Å². The number of benzene rings is 2. The van der Waals surface area contributed by atoms with Crippen LogP contribution in [0.25, 0.3) is 0 Å². The van der Waals surface area contributed by atoms with Crippen molar-refractivity contribution in [1.82, 2.24) is 5.32 Å². The average Bonchev–Trinajstić information content (AvgIpc) is 2.76. The van der Waals surface area contributed by atoms with E-state index in [1.807, 2.05) is 6.07 Å². The summed E-state index contributed by atoms with van der Waals surface area (Å²) in [6.07, 6.45) is 0. The standard InChI is InChI=1S/C25H35N3O3/c1-18-6-8-22(14-19(18)2)20(3)26-25(29)17-28-12-10-27(11-13-28)16-21-7-9-23(30-4)24(15-21)31-5/h6-9,14-15,20H,10-13,16-17H2,1-5H3,(H,26,29)/p+2/t20-/m1/s1. The summed E-state index contributed by atoms with van der Waals surface area (Å²) in [4.78, 5) is 15.5. The Balaban J connectivity index is 1.45. The summed E-state index contributed by atoms with van der Waals surface area (Å²) < 4.78 is 10.7. The Morgan fingerprint density at radius 2 is 1.61 bits per heavy atom. The Labute approximate surface area is 186 Å². The second-order valence-electron chi connectivity index (χ2n) is 8.68. The van der Waals surface area contributed by atoms with E-state index in [-0.39, 0.29) is 11.9 Å². The number of ether oxygens (including phenoxy) is 2. The highest BCUT2D eigenvalue weighted by Gasteiger charge is 2.25. The van der Waals surface area contributed by atoms with E-state index in [0.29, 0.717) is 6.54 Å². The number of rotatable bonds is 8. The Morgan fingerprint density at radius 1 is 0.935 bits per heavy atom. The minimum Gasteiger partial charge on any atom is -0.493 e. The molecule has 2 aromatic rings. The van der Waals surface area contributed by atoms with Crippen LogP contribution in [-0.4, -0.2) is 52.9 Å². The second kappa shape index (κ2) is 10.6. The highest BCUT2D eigenvalue weighted by Crippen LogP contribution is 2.27. The molecule has 1 fully saturated rings. The van der Waals surface area contributed by atoms with E-state index < -0.39 is 0 Å². The minimum absolute atomic E-state index is 0.0307. The molecule has 3 rings (SSSR count). The quantitative estimate of drug-likeness (QED) is 0.575. The van der Waals surface area contributed by atoms with Gasteiger partial charge >= 0.3 is 0 Å². The van der Waals surface area contributed by atoms with Gasteiger partial charge in [-0.05, 0) is 55.7 Å². The number of carbonyl (C=O) groups excluding carboxylic acids is 1. The average molecular weight is 428 g/mol. The van der Waals surface area contributed by atoms with Gasteiger partial charge in [-0.15, -0.1) is 0 Å². The molecule has 31 heavy (non-hydrogen) atoms. The number of nitrogens with one attached hydrogen (secondary N) is 3. The third-order valence-corrected chi connectivity index (χ3v) is 6.39. The molecule has 0 unspecified atom stereocenters. The van der Waals surface area contributed by atoms with Crippen LogP contribution in [-0.2, 0) is 11.3 Å². The number of quaternary nitrogens is 2. The van der Waals surface area contributed by atoms with Crippen molar-refractivity contribution in [2.24, 2.45) is 0 Å². The molecule has 3 N–H and O–H groups in total. The molecule has 0 spiro atoms. The van der Waals surface area contributed by atoms with Crippen molar-refractivity contribution in [3.63, 3.8) is 0 Å². The molecule has 0 saturated carbocycles. The van der Waals surface area contributed by atoms with E-state index in [1.165, 1.54) is 21.6 Å². The molecule has 1 amide bonds. The van der Waals surface area contributed by atoms with Crippen LogP contribution in [0.3, 0.4) is 0 Å². The van der Waals surface area contributed by atoms with Crippen LogP contribution in [0.5, 0.6) is 11.5 Å². The SMILES string of the molecule is COc1ccc(C[NH+]2CC[NH+](CC(=O)N[C@H](C)c3ccc(C)c(C)c3)CC2)cc1OC. The van der Waals surface area contributed by atoms with Gasteiger partial charge in [0.2, 0.25) is 0 Å². The molecule has 1 saturated heterocycles. The zero-order valence-electron chi connectivity index (χ0n) is 19.5. The molecule has 0 bridgehead atoms. The highest BCUT2D eigenvalue weighted by molar-refractivity contribution is 5.77. The third-order valence-electron chi connectivity index (χ3n) is 6.39. The fraction of sp³-hybridized carbons (Fsp3) is 0.480. The molecule has 1 heterocycles. The first-order valence-electron chi connectivity index (χ1n) is 11.1. The zero-order chi connectivity index (χ0) is 22.4. The Hall–Kier alpha value is -2.57. The summed E-state index contributed by atoms with van der Waals surface area (Å²) in [7, 11) is 3.33. The lowest BCUT2D eigenvalue weighted by molar-refractivity contribution is -1.02. The van der Waals surface area contributed by atoms with Crippen LogP contribution < -0.4 is 24.6 Å². The number of hydrogen-bond donors (Lipinski definition) is 3. The molecular weight excluding hydrogens is 390 g/mol. The third kappa shape index (κ3) is 6.21.